The highest BCUT2D eigenvalue weighted by molar-refractivity contribution is 5.53. The van der Waals surface area contributed by atoms with E-state index >= 15 is 0 Å². The quantitative estimate of drug-likeness (QED) is 0.738. The summed E-state index contributed by atoms with van der Waals surface area (Å²) in [4.78, 5) is 4.17. The standard InChI is InChI=1S/C21H22N2O2/c1-2-19(22-11-1)15-25-20-9-5-17(6-10-20)14-16-3-7-18(8-4-16)21-23-12-13-24-21/h3-10,12-13,19,22H,1-2,11,14-15H2. The summed E-state index contributed by atoms with van der Waals surface area (Å²) in [5.41, 5.74) is 3.53. The maximum absolute atomic E-state index is 5.87. The molecule has 4 heteroatoms. The first-order chi connectivity index (χ1) is 12.4. The molecule has 0 amide bonds. The van der Waals surface area contributed by atoms with Gasteiger partial charge in [-0.15, -0.1) is 0 Å². The summed E-state index contributed by atoms with van der Waals surface area (Å²) < 4.78 is 11.2. The average Bonchev–Trinajstić information content (AvgIpc) is 3.36. The Kier molecular flexibility index (Phi) is 4.79. The first-order valence-electron chi connectivity index (χ1n) is 8.81. The van der Waals surface area contributed by atoms with Gasteiger partial charge in [-0.1, -0.05) is 24.3 Å². The van der Waals surface area contributed by atoms with Crippen LogP contribution in [-0.2, 0) is 6.42 Å². The zero-order valence-corrected chi connectivity index (χ0v) is 14.2. The summed E-state index contributed by atoms with van der Waals surface area (Å²) >= 11 is 0. The molecule has 1 aliphatic heterocycles. The van der Waals surface area contributed by atoms with Crippen molar-refractivity contribution in [1.82, 2.24) is 10.3 Å². The van der Waals surface area contributed by atoms with E-state index in [1.54, 1.807) is 12.5 Å². The van der Waals surface area contributed by atoms with Crippen molar-refractivity contribution in [1.29, 1.82) is 0 Å². The Morgan fingerprint density at radius 3 is 2.44 bits per heavy atom. The van der Waals surface area contributed by atoms with Crippen LogP contribution >= 0.6 is 0 Å². The van der Waals surface area contributed by atoms with Gasteiger partial charge in [0.2, 0.25) is 5.89 Å². The summed E-state index contributed by atoms with van der Waals surface area (Å²) in [7, 11) is 0. The second-order valence-corrected chi connectivity index (χ2v) is 6.46. The number of nitrogens with zero attached hydrogens (tertiary/aromatic N) is 1. The van der Waals surface area contributed by atoms with Crippen molar-refractivity contribution in [3.63, 3.8) is 0 Å². The second-order valence-electron chi connectivity index (χ2n) is 6.46. The van der Waals surface area contributed by atoms with E-state index in [9.17, 15) is 0 Å². The first-order valence-corrected chi connectivity index (χ1v) is 8.81. The molecule has 4 nitrogen and oxygen atoms in total. The first kappa shape index (κ1) is 15.9. The van der Waals surface area contributed by atoms with Crippen LogP contribution in [0.25, 0.3) is 11.5 Å². The fraction of sp³-hybridized carbons (Fsp3) is 0.286. The van der Waals surface area contributed by atoms with E-state index in [4.69, 9.17) is 9.15 Å². The molecule has 0 saturated carbocycles. The van der Waals surface area contributed by atoms with Crippen LogP contribution < -0.4 is 10.1 Å². The largest absolute Gasteiger partial charge is 0.492 e. The molecule has 2 heterocycles. The van der Waals surface area contributed by atoms with Gasteiger partial charge in [-0.2, -0.15) is 0 Å². The van der Waals surface area contributed by atoms with E-state index in [1.807, 2.05) is 12.1 Å². The Morgan fingerprint density at radius 1 is 1.04 bits per heavy atom. The molecular formula is C21H22N2O2. The summed E-state index contributed by atoms with van der Waals surface area (Å²) in [6, 6.07) is 17.2. The Morgan fingerprint density at radius 2 is 1.80 bits per heavy atom. The highest BCUT2D eigenvalue weighted by Crippen LogP contribution is 2.20. The summed E-state index contributed by atoms with van der Waals surface area (Å²) in [5, 5.41) is 3.45. The van der Waals surface area contributed by atoms with Crippen LogP contribution in [0.1, 0.15) is 24.0 Å². The molecule has 25 heavy (non-hydrogen) atoms. The molecule has 4 rings (SSSR count). The number of rotatable bonds is 6. The van der Waals surface area contributed by atoms with Crippen LogP contribution in [0.3, 0.4) is 0 Å². The van der Waals surface area contributed by atoms with Crippen LogP contribution in [0.4, 0.5) is 0 Å². The molecular weight excluding hydrogens is 312 g/mol. The molecule has 1 aliphatic rings. The normalized spacial score (nSPS) is 16.9. The molecule has 1 atom stereocenters. The van der Waals surface area contributed by atoms with Crippen LogP contribution in [0.5, 0.6) is 5.75 Å². The van der Waals surface area contributed by atoms with Crippen molar-refractivity contribution >= 4 is 0 Å². The summed E-state index contributed by atoms with van der Waals surface area (Å²) in [6.07, 6.45) is 6.62. The summed E-state index contributed by atoms with van der Waals surface area (Å²) in [6.45, 7) is 1.86. The van der Waals surface area contributed by atoms with E-state index in [2.05, 4.69) is 46.7 Å². The lowest BCUT2D eigenvalue weighted by atomic mass is 10.0. The topological polar surface area (TPSA) is 47.3 Å². The van der Waals surface area contributed by atoms with Crippen LogP contribution in [0, 0.1) is 0 Å². The fourth-order valence-electron chi connectivity index (χ4n) is 3.17. The van der Waals surface area contributed by atoms with Gasteiger partial charge in [0.15, 0.2) is 0 Å². The lowest BCUT2D eigenvalue weighted by Crippen LogP contribution is -2.28. The fourth-order valence-corrected chi connectivity index (χ4v) is 3.17. The smallest absolute Gasteiger partial charge is 0.225 e. The zero-order valence-electron chi connectivity index (χ0n) is 14.2. The minimum Gasteiger partial charge on any atom is -0.492 e. The SMILES string of the molecule is c1coc(-c2ccc(Cc3ccc(OCC4CCCN4)cc3)cc2)n1. The van der Waals surface area contributed by atoms with Crippen molar-refractivity contribution in [2.24, 2.45) is 0 Å². The van der Waals surface area contributed by atoms with Crippen molar-refractivity contribution < 1.29 is 9.15 Å². The Labute approximate surface area is 147 Å². The number of hydrogen-bond donors (Lipinski definition) is 1. The van der Waals surface area contributed by atoms with Crippen LogP contribution in [0.15, 0.2) is 65.4 Å². The molecule has 1 N–H and O–H groups in total. The van der Waals surface area contributed by atoms with Crippen LogP contribution in [0.2, 0.25) is 0 Å². The molecule has 3 aromatic rings. The lowest BCUT2D eigenvalue weighted by Gasteiger charge is -2.12. The third-order valence-electron chi connectivity index (χ3n) is 4.58. The van der Waals surface area contributed by atoms with Gasteiger partial charge in [0.05, 0.1) is 6.20 Å². The van der Waals surface area contributed by atoms with E-state index in [0.717, 1.165) is 30.9 Å². The van der Waals surface area contributed by atoms with Crippen molar-refractivity contribution in [3.8, 4) is 17.2 Å². The number of ether oxygens (including phenoxy) is 1. The Hall–Kier alpha value is -2.59. The molecule has 128 valence electrons. The molecule has 1 saturated heterocycles. The number of nitrogens with one attached hydrogen (secondary N) is 1. The van der Waals surface area contributed by atoms with Gasteiger partial charge >= 0.3 is 0 Å². The van der Waals surface area contributed by atoms with E-state index in [0.29, 0.717) is 11.9 Å². The van der Waals surface area contributed by atoms with Gasteiger partial charge < -0.3 is 14.5 Å². The van der Waals surface area contributed by atoms with Gasteiger partial charge in [-0.3, -0.25) is 0 Å². The highest BCUT2D eigenvalue weighted by atomic mass is 16.5. The predicted molar refractivity (Wildman–Crippen MR) is 97.7 cm³/mol. The molecule has 2 aromatic carbocycles. The van der Waals surface area contributed by atoms with Crippen molar-refractivity contribution in [2.75, 3.05) is 13.2 Å². The maximum atomic E-state index is 5.87. The minimum absolute atomic E-state index is 0.502. The number of hydrogen-bond acceptors (Lipinski definition) is 4. The number of benzene rings is 2. The van der Waals surface area contributed by atoms with Gasteiger partial charge in [0.25, 0.3) is 0 Å². The molecule has 1 aromatic heterocycles. The zero-order chi connectivity index (χ0) is 16.9. The molecule has 0 aliphatic carbocycles. The third kappa shape index (κ3) is 4.09. The Balaban J connectivity index is 1.34. The average molecular weight is 334 g/mol. The lowest BCUT2D eigenvalue weighted by molar-refractivity contribution is 0.277. The van der Waals surface area contributed by atoms with E-state index < -0.39 is 0 Å². The monoisotopic (exact) mass is 334 g/mol. The minimum atomic E-state index is 0.502. The van der Waals surface area contributed by atoms with E-state index in [-0.39, 0.29) is 0 Å². The molecule has 0 bridgehead atoms. The van der Waals surface area contributed by atoms with Gasteiger partial charge in [-0.25, -0.2) is 4.98 Å². The van der Waals surface area contributed by atoms with Gasteiger partial charge in [-0.05, 0) is 61.2 Å². The third-order valence-corrected chi connectivity index (χ3v) is 4.58. The molecule has 0 spiro atoms. The van der Waals surface area contributed by atoms with Crippen molar-refractivity contribution in [2.45, 2.75) is 25.3 Å². The van der Waals surface area contributed by atoms with E-state index in [1.165, 1.54) is 24.0 Å². The van der Waals surface area contributed by atoms with Crippen molar-refractivity contribution in [3.05, 3.63) is 72.1 Å². The van der Waals surface area contributed by atoms with Gasteiger partial charge in [0, 0.05) is 11.6 Å². The molecule has 1 unspecified atom stereocenters. The Bertz CT molecular complexity index is 774. The number of aromatic nitrogens is 1. The summed E-state index contributed by atoms with van der Waals surface area (Å²) in [5.74, 6) is 1.60. The number of oxazole rings is 1. The highest BCUT2D eigenvalue weighted by Gasteiger charge is 2.14. The van der Waals surface area contributed by atoms with Crippen LogP contribution in [-0.4, -0.2) is 24.2 Å². The molecule has 0 radical (unpaired) electrons. The van der Waals surface area contributed by atoms with Gasteiger partial charge in [0.1, 0.15) is 18.6 Å². The maximum Gasteiger partial charge on any atom is 0.225 e. The second kappa shape index (κ2) is 7.53. The predicted octanol–water partition coefficient (Wildman–Crippen LogP) is 4.06. The molecule has 1 fully saturated rings.